The van der Waals surface area contributed by atoms with Gasteiger partial charge in [0.05, 0.1) is 10.8 Å². The zero-order valence-electron chi connectivity index (χ0n) is 50.8. The molecule has 0 heterocycles. The van der Waals surface area contributed by atoms with Gasteiger partial charge < -0.3 is 12.7 Å². The first-order valence-electron chi connectivity index (χ1n) is 28.5. The van der Waals surface area contributed by atoms with E-state index in [1.165, 1.54) is 89.0 Å². The van der Waals surface area contributed by atoms with Gasteiger partial charge in [0.25, 0.3) is 0 Å². The number of rotatable bonds is 6. The van der Waals surface area contributed by atoms with Crippen molar-refractivity contribution < 1.29 is 65.4 Å². The summed E-state index contributed by atoms with van der Waals surface area (Å²) in [5.41, 5.74) is 23.0. The van der Waals surface area contributed by atoms with Gasteiger partial charge in [-0.2, -0.15) is 48.0 Å². The summed E-state index contributed by atoms with van der Waals surface area (Å²) in [5.74, 6) is 0. The largest absolute Gasteiger partial charge is 0.344 e. The van der Waals surface area contributed by atoms with Gasteiger partial charge in [-0.25, -0.2) is 17.2 Å². The fraction of sp³-hybridized carbons (Fsp3) is 0.263. The average molecular weight is 1180 g/mol. The molecule has 0 nitrogen and oxygen atoms in total. The van der Waals surface area contributed by atoms with Crippen molar-refractivity contribution in [3.05, 3.63) is 291 Å². The first kappa shape index (κ1) is 70.9. The minimum Gasteiger partial charge on any atom is -0.344 e. The molecule has 2 aliphatic rings. The molecule has 2 radical (unpaired) electrons. The Kier molecular flexibility index (Phi) is 33.0. The Balaban J connectivity index is 0.000000628. The van der Waals surface area contributed by atoms with Gasteiger partial charge in [0, 0.05) is 65.4 Å². The second-order valence-electron chi connectivity index (χ2n) is 16.6. The molecule has 9 aromatic carbocycles. The molecule has 2 heteroatoms. The third-order valence-electron chi connectivity index (χ3n) is 13.4. The van der Waals surface area contributed by atoms with Crippen LogP contribution >= 0.6 is 0 Å². The van der Waals surface area contributed by atoms with Gasteiger partial charge in [0.1, 0.15) is 0 Å². The van der Waals surface area contributed by atoms with Crippen LogP contribution in [0.25, 0.3) is 39.5 Å². The molecule has 0 N–H and O–H groups in total. The minimum absolute atomic E-state index is 0. The first-order chi connectivity index (χ1) is 37.4. The molecular weight excluding hydrogens is 1090 g/mol. The molecule has 0 unspecified atom stereocenters. The first-order valence-corrected chi connectivity index (χ1v) is 28.5. The molecule has 0 aromatic heterocycles. The van der Waals surface area contributed by atoms with Crippen molar-refractivity contribution in [3.63, 3.8) is 0 Å². The fourth-order valence-electron chi connectivity index (χ4n) is 10.9. The van der Waals surface area contributed by atoms with Crippen molar-refractivity contribution in [2.24, 2.45) is 0 Å². The van der Waals surface area contributed by atoms with Gasteiger partial charge in [0.2, 0.25) is 0 Å². The molecule has 0 saturated heterocycles. The number of fused-ring (bicyclic) bond motifs is 6. The van der Waals surface area contributed by atoms with Crippen LogP contribution in [0.5, 0.6) is 0 Å². The molecule has 0 spiro atoms. The summed E-state index contributed by atoms with van der Waals surface area (Å²) >= 11 is 0. The maximum atomic E-state index is 6.05. The maximum absolute atomic E-state index is 6.05. The Labute approximate surface area is 526 Å². The maximum Gasteiger partial charge on any atom is 0.0535 e. The van der Waals surface area contributed by atoms with Crippen LogP contribution in [0.1, 0.15) is 169 Å². The second kappa shape index (κ2) is 36.2. The molecule has 0 aliphatic heterocycles. The summed E-state index contributed by atoms with van der Waals surface area (Å²) in [5, 5.41) is 0. The molecule has 11 rings (SSSR count). The van der Waals surface area contributed by atoms with Crippen molar-refractivity contribution in [1.29, 1.82) is 0 Å². The molecule has 0 saturated carbocycles. The fourth-order valence-corrected chi connectivity index (χ4v) is 10.9. The predicted molar refractivity (Wildman–Crippen MR) is 337 cm³/mol. The van der Waals surface area contributed by atoms with E-state index >= 15 is 0 Å². The quantitative estimate of drug-likeness (QED) is 0.146. The van der Waals surface area contributed by atoms with E-state index in [0.29, 0.717) is 0 Å². The van der Waals surface area contributed by atoms with Crippen LogP contribution in [-0.2, 0) is 76.2 Å². The Bertz CT molecular complexity index is 3060. The van der Waals surface area contributed by atoms with Crippen LogP contribution < -0.4 is 0 Å². The Hall–Kier alpha value is -5.07. The molecule has 402 valence electrons. The monoisotopic (exact) mass is 1180 g/mol. The van der Waals surface area contributed by atoms with Crippen molar-refractivity contribution in [3.8, 4) is 33.4 Å². The SMILES string of the molecule is CC.CC.CC.CC.CC.CC.CC.Cc1ccccc1C1(c2ccccc2C)c2ccccc2-c2c(-c3[c-]cccc3)[c-]ccc21.[CH-]=Cc1[c-]ccc2c1-c1ccccc1C2(c1ccccc1C)c1ccccc1C.[Y].[Y]. The molecule has 9 aromatic rings. The number of hydrogen-bond donors (Lipinski definition) is 0. The molecule has 78 heavy (non-hydrogen) atoms. The summed E-state index contributed by atoms with van der Waals surface area (Å²) in [4.78, 5) is 0. The Morgan fingerprint density at radius 2 is 0.615 bits per heavy atom. The van der Waals surface area contributed by atoms with Crippen molar-refractivity contribution in [2.45, 2.75) is 135 Å². The van der Waals surface area contributed by atoms with Gasteiger partial charge in [-0.15, -0.1) is 34.9 Å². The standard InChI is InChI=1S/C33H24.C29H22.7C2H6.2Y/c1-23-13-6-9-19-28(23)33(29-20-10-7-14-24(29)2)30-21-11-8-17-27(30)32-26(18-12-22-31(32)33)25-15-4-3-5-16-25;1-4-22-14-11-19-27-28(22)23-15-7-10-18-26(23)29(27,24-16-8-5-12-20(24)2)25-17-9-6-13-21(25)3;7*1-2;;/h3-15,17,19-22H,1-2H3;1,4-13,15-19H,2-3H3;7*1-2H3;;/q2*-2;;;;;;;;;. The van der Waals surface area contributed by atoms with E-state index in [9.17, 15) is 0 Å². The van der Waals surface area contributed by atoms with Crippen LogP contribution in [0.3, 0.4) is 0 Å². The molecule has 0 fully saturated rings. The van der Waals surface area contributed by atoms with E-state index < -0.39 is 0 Å². The van der Waals surface area contributed by atoms with Crippen LogP contribution in [0, 0.1) is 52.5 Å². The van der Waals surface area contributed by atoms with E-state index in [0.717, 1.165) is 16.7 Å². The van der Waals surface area contributed by atoms with E-state index in [-0.39, 0.29) is 76.2 Å². The summed E-state index contributed by atoms with van der Waals surface area (Å²) < 4.78 is 0. The third kappa shape index (κ3) is 13.7. The zero-order valence-corrected chi connectivity index (χ0v) is 56.5. The van der Waals surface area contributed by atoms with Gasteiger partial charge in [-0.05, 0) is 83.3 Å². The van der Waals surface area contributed by atoms with Crippen LogP contribution in [0.4, 0.5) is 0 Å². The van der Waals surface area contributed by atoms with E-state index in [4.69, 9.17) is 6.58 Å². The summed E-state index contributed by atoms with van der Waals surface area (Å²) in [6.07, 6.45) is 1.68. The van der Waals surface area contributed by atoms with E-state index in [1.54, 1.807) is 6.08 Å². The third-order valence-corrected chi connectivity index (χ3v) is 13.4. The Morgan fingerprint density at radius 1 is 0.308 bits per heavy atom. The van der Waals surface area contributed by atoms with Crippen molar-refractivity contribution in [1.82, 2.24) is 0 Å². The predicted octanol–water partition coefficient (Wildman–Crippen LogP) is 22.0. The van der Waals surface area contributed by atoms with Gasteiger partial charge >= 0.3 is 0 Å². The van der Waals surface area contributed by atoms with Crippen LogP contribution in [0.2, 0.25) is 0 Å². The normalized spacial score (nSPS) is 11.3. The molecule has 0 atom stereocenters. The van der Waals surface area contributed by atoms with Crippen LogP contribution in [0.15, 0.2) is 194 Å². The summed E-state index contributed by atoms with van der Waals surface area (Å²) in [6, 6.07) is 80.0. The Morgan fingerprint density at radius 3 is 0.962 bits per heavy atom. The topological polar surface area (TPSA) is 0 Å². The van der Waals surface area contributed by atoms with E-state index in [1.807, 2.05) is 115 Å². The van der Waals surface area contributed by atoms with Gasteiger partial charge in [-0.3, -0.25) is 5.56 Å². The average Bonchev–Trinajstić information content (AvgIpc) is 4.09. The molecule has 2 aliphatic carbocycles. The van der Waals surface area contributed by atoms with Crippen molar-refractivity contribution in [2.75, 3.05) is 0 Å². The molecule has 0 amide bonds. The molecule has 0 bridgehead atoms. The minimum atomic E-state index is -0.388. The van der Waals surface area contributed by atoms with Crippen LogP contribution in [-0.4, -0.2) is 0 Å². The van der Waals surface area contributed by atoms with E-state index in [2.05, 4.69) is 222 Å². The number of benzene rings is 9. The van der Waals surface area contributed by atoms with Crippen molar-refractivity contribution >= 4 is 6.08 Å². The zero-order chi connectivity index (χ0) is 56.4. The summed E-state index contributed by atoms with van der Waals surface area (Å²) in [7, 11) is 0. The molecular formula is C76H88Y2-4. The summed E-state index contributed by atoms with van der Waals surface area (Å²) in [6.45, 7) is 42.9. The smallest absolute Gasteiger partial charge is 0.0535 e. The van der Waals surface area contributed by atoms with Gasteiger partial charge in [0.15, 0.2) is 0 Å². The second-order valence-corrected chi connectivity index (χ2v) is 16.6. The number of hydrogen-bond acceptors (Lipinski definition) is 0. The van der Waals surface area contributed by atoms with Gasteiger partial charge in [-0.1, -0.05) is 254 Å². The number of aryl methyl sites for hydroxylation is 4.